The van der Waals surface area contributed by atoms with Gasteiger partial charge in [0.05, 0.1) is 6.61 Å². The molecule has 0 spiro atoms. The third-order valence-electron chi connectivity index (χ3n) is 1.32. The number of nitrogens with one attached hydrogen (secondary N) is 1. The number of aromatic nitrogens is 1. The van der Waals surface area contributed by atoms with Crippen LogP contribution in [-0.2, 0) is 14.3 Å². The molecule has 0 fully saturated rings. The number of carbonyl (C=O) groups is 2. The molecule has 0 aliphatic heterocycles. The van der Waals surface area contributed by atoms with Gasteiger partial charge in [0.1, 0.15) is 0 Å². The third kappa shape index (κ3) is 4.37. The van der Waals surface area contributed by atoms with E-state index in [1.54, 1.807) is 18.5 Å². The van der Waals surface area contributed by atoms with E-state index in [0.717, 1.165) is 12.2 Å². The van der Waals surface area contributed by atoms with Crippen molar-refractivity contribution in [1.29, 1.82) is 0 Å². The molecule has 6 heteroatoms. The van der Waals surface area contributed by atoms with Crippen molar-refractivity contribution in [1.82, 2.24) is 4.98 Å². The molecule has 15 heavy (non-hydrogen) atoms. The minimum atomic E-state index is -0.535. The van der Waals surface area contributed by atoms with E-state index in [1.165, 1.54) is 11.3 Å². The lowest BCUT2D eigenvalue weighted by Crippen LogP contribution is -2.09. The predicted molar refractivity (Wildman–Crippen MR) is 56.5 cm³/mol. The van der Waals surface area contributed by atoms with Gasteiger partial charge in [-0.15, -0.1) is 11.3 Å². The minimum Gasteiger partial charge on any atom is -0.463 e. The van der Waals surface area contributed by atoms with E-state index in [4.69, 9.17) is 0 Å². The van der Waals surface area contributed by atoms with Crippen LogP contribution in [0.4, 0.5) is 5.13 Å². The first-order chi connectivity index (χ1) is 7.22. The number of amides is 1. The summed E-state index contributed by atoms with van der Waals surface area (Å²) in [6, 6.07) is 0. The molecule has 0 bridgehead atoms. The molecule has 1 aromatic rings. The molecule has 0 saturated carbocycles. The van der Waals surface area contributed by atoms with Crippen LogP contribution in [-0.4, -0.2) is 23.5 Å². The lowest BCUT2D eigenvalue weighted by Gasteiger charge is -1.96. The maximum atomic E-state index is 11.2. The van der Waals surface area contributed by atoms with Gasteiger partial charge in [-0.2, -0.15) is 0 Å². The second-order valence-electron chi connectivity index (χ2n) is 2.41. The number of nitrogens with zero attached hydrogens (tertiary/aromatic N) is 1. The molecule has 1 N–H and O–H groups in total. The summed E-state index contributed by atoms with van der Waals surface area (Å²) in [7, 11) is 0. The van der Waals surface area contributed by atoms with Crippen molar-refractivity contribution in [3.8, 4) is 0 Å². The van der Waals surface area contributed by atoms with Crippen LogP contribution in [0.5, 0.6) is 0 Å². The molecule has 0 aliphatic rings. The highest BCUT2D eigenvalue weighted by Gasteiger charge is 2.00. The van der Waals surface area contributed by atoms with Gasteiger partial charge in [-0.3, -0.25) is 10.1 Å². The van der Waals surface area contributed by atoms with Crippen LogP contribution >= 0.6 is 11.3 Å². The molecule has 5 nitrogen and oxygen atoms in total. The van der Waals surface area contributed by atoms with Crippen molar-refractivity contribution < 1.29 is 14.3 Å². The fourth-order valence-corrected chi connectivity index (χ4v) is 1.30. The summed E-state index contributed by atoms with van der Waals surface area (Å²) in [6.07, 6.45) is 3.77. The summed E-state index contributed by atoms with van der Waals surface area (Å²) in [6.45, 7) is 1.98. The lowest BCUT2D eigenvalue weighted by molar-refractivity contribution is -0.137. The maximum absolute atomic E-state index is 11.2. The van der Waals surface area contributed by atoms with Crippen molar-refractivity contribution in [2.24, 2.45) is 0 Å². The topological polar surface area (TPSA) is 68.3 Å². The highest BCUT2D eigenvalue weighted by Crippen LogP contribution is 2.09. The average molecular weight is 226 g/mol. The highest BCUT2D eigenvalue weighted by atomic mass is 32.1. The van der Waals surface area contributed by atoms with E-state index < -0.39 is 11.9 Å². The van der Waals surface area contributed by atoms with Crippen molar-refractivity contribution in [2.75, 3.05) is 11.9 Å². The van der Waals surface area contributed by atoms with Crippen LogP contribution in [0.25, 0.3) is 0 Å². The summed E-state index contributed by atoms with van der Waals surface area (Å²) < 4.78 is 4.61. The van der Waals surface area contributed by atoms with Crippen LogP contribution < -0.4 is 5.32 Å². The summed E-state index contributed by atoms with van der Waals surface area (Å²) in [4.78, 5) is 25.9. The monoisotopic (exact) mass is 226 g/mol. The Morgan fingerprint density at radius 3 is 3.00 bits per heavy atom. The molecule has 0 radical (unpaired) electrons. The van der Waals surface area contributed by atoms with Gasteiger partial charge in [0.2, 0.25) is 5.91 Å². The first-order valence-electron chi connectivity index (χ1n) is 4.27. The molecule has 80 valence electrons. The number of hydrogen-bond acceptors (Lipinski definition) is 5. The van der Waals surface area contributed by atoms with Crippen LogP contribution in [0.2, 0.25) is 0 Å². The molecular weight excluding hydrogens is 216 g/mol. The van der Waals surface area contributed by atoms with Gasteiger partial charge in [-0.1, -0.05) is 0 Å². The van der Waals surface area contributed by atoms with Gasteiger partial charge >= 0.3 is 5.97 Å². The normalized spacial score (nSPS) is 10.2. The molecule has 1 heterocycles. The Bertz CT molecular complexity index is 359. The zero-order valence-corrected chi connectivity index (χ0v) is 8.91. The smallest absolute Gasteiger partial charge is 0.330 e. The van der Waals surface area contributed by atoms with Gasteiger partial charge < -0.3 is 4.74 Å². The van der Waals surface area contributed by atoms with Gasteiger partial charge in [0.15, 0.2) is 5.13 Å². The molecule has 0 aromatic carbocycles. The molecule has 0 atom stereocenters. The summed E-state index contributed by atoms with van der Waals surface area (Å²) >= 11 is 1.30. The van der Waals surface area contributed by atoms with E-state index in [-0.39, 0.29) is 6.61 Å². The quantitative estimate of drug-likeness (QED) is 0.618. The molecular formula is C9H10N2O3S. The van der Waals surface area contributed by atoms with Gasteiger partial charge in [0, 0.05) is 23.7 Å². The number of thiazole rings is 1. The fourth-order valence-electron chi connectivity index (χ4n) is 0.766. The standard InChI is InChI=1S/C9H10N2O3S/c1-2-14-8(13)4-3-7(12)11-9-10-5-6-15-9/h3-6H,2H2,1H3,(H,10,11,12)/b4-3+. The Balaban J connectivity index is 2.39. The van der Waals surface area contributed by atoms with E-state index >= 15 is 0 Å². The van der Waals surface area contributed by atoms with Gasteiger partial charge in [-0.25, -0.2) is 9.78 Å². The van der Waals surface area contributed by atoms with Crippen molar-refractivity contribution in [3.63, 3.8) is 0 Å². The number of carbonyl (C=O) groups excluding carboxylic acids is 2. The predicted octanol–water partition coefficient (Wildman–Crippen LogP) is 1.20. The molecule has 1 rings (SSSR count). The van der Waals surface area contributed by atoms with Gasteiger partial charge in [0.25, 0.3) is 0 Å². The average Bonchev–Trinajstić information content (AvgIpc) is 2.68. The lowest BCUT2D eigenvalue weighted by atomic mass is 10.5. The summed E-state index contributed by atoms with van der Waals surface area (Å²) in [5, 5.41) is 4.73. The molecule has 0 saturated heterocycles. The Morgan fingerprint density at radius 2 is 2.40 bits per heavy atom. The van der Waals surface area contributed by atoms with Crippen LogP contribution in [0.1, 0.15) is 6.92 Å². The van der Waals surface area contributed by atoms with Crippen molar-refractivity contribution >= 4 is 28.3 Å². The zero-order valence-electron chi connectivity index (χ0n) is 8.10. The highest BCUT2D eigenvalue weighted by molar-refractivity contribution is 7.13. The summed E-state index contributed by atoms with van der Waals surface area (Å²) in [5.41, 5.74) is 0. The third-order valence-corrected chi connectivity index (χ3v) is 2.01. The number of hydrogen-bond donors (Lipinski definition) is 1. The Labute approximate surface area is 90.8 Å². The molecule has 1 amide bonds. The van der Waals surface area contributed by atoms with Crippen LogP contribution in [0.15, 0.2) is 23.7 Å². The Morgan fingerprint density at radius 1 is 1.60 bits per heavy atom. The van der Waals surface area contributed by atoms with Crippen LogP contribution in [0.3, 0.4) is 0 Å². The number of anilines is 1. The fraction of sp³-hybridized carbons (Fsp3) is 0.222. The minimum absolute atomic E-state index is 0.289. The van der Waals surface area contributed by atoms with Crippen molar-refractivity contribution in [3.05, 3.63) is 23.7 Å². The maximum Gasteiger partial charge on any atom is 0.330 e. The molecule has 1 aromatic heterocycles. The van der Waals surface area contributed by atoms with Gasteiger partial charge in [-0.05, 0) is 6.92 Å². The Hall–Kier alpha value is -1.69. The first-order valence-corrected chi connectivity index (χ1v) is 5.15. The number of rotatable bonds is 4. The van der Waals surface area contributed by atoms with E-state index in [2.05, 4.69) is 15.0 Å². The van der Waals surface area contributed by atoms with Crippen LogP contribution in [0, 0.1) is 0 Å². The molecule has 0 aliphatic carbocycles. The van der Waals surface area contributed by atoms with E-state index in [0.29, 0.717) is 5.13 Å². The number of ether oxygens (including phenoxy) is 1. The molecule has 0 unspecified atom stereocenters. The Kier molecular flexibility index (Phi) is 4.49. The second kappa shape index (κ2) is 5.92. The first kappa shape index (κ1) is 11.4. The second-order valence-corrected chi connectivity index (χ2v) is 3.31. The van der Waals surface area contributed by atoms with E-state index in [1.807, 2.05) is 0 Å². The van der Waals surface area contributed by atoms with Crippen molar-refractivity contribution in [2.45, 2.75) is 6.92 Å². The largest absolute Gasteiger partial charge is 0.463 e. The SMILES string of the molecule is CCOC(=O)/C=C/C(=O)Nc1nccs1. The number of esters is 1. The summed E-state index contributed by atoms with van der Waals surface area (Å²) in [5.74, 6) is -0.940. The van der Waals surface area contributed by atoms with E-state index in [9.17, 15) is 9.59 Å². The zero-order chi connectivity index (χ0) is 11.1.